The van der Waals surface area contributed by atoms with Crippen molar-refractivity contribution in [2.75, 3.05) is 18.0 Å². The van der Waals surface area contributed by atoms with E-state index in [9.17, 15) is 18.8 Å². The van der Waals surface area contributed by atoms with E-state index in [1.165, 1.54) is 29.4 Å². The lowest BCUT2D eigenvalue weighted by Gasteiger charge is -2.44. The fourth-order valence-corrected chi connectivity index (χ4v) is 4.21. The quantitative estimate of drug-likeness (QED) is 0.527. The summed E-state index contributed by atoms with van der Waals surface area (Å²) in [6, 6.07) is 4.65. The van der Waals surface area contributed by atoms with Gasteiger partial charge < -0.3 is 19.3 Å². The highest BCUT2D eigenvalue weighted by Crippen LogP contribution is 2.38. The number of aromatic nitrogens is 4. The zero-order valence-electron chi connectivity index (χ0n) is 20.6. The Morgan fingerprint density at radius 2 is 1.94 bits per heavy atom. The summed E-state index contributed by atoms with van der Waals surface area (Å²) in [5, 5.41) is 9.54. The predicted molar refractivity (Wildman–Crippen MR) is 127 cm³/mol. The van der Waals surface area contributed by atoms with Gasteiger partial charge >= 0.3 is 12.7 Å². The molecule has 1 saturated heterocycles. The molecule has 0 aromatic carbocycles. The topological polar surface area (TPSA) is 109 Å². The molecule has 3 aromatic rings. The molecule has 4 rings (SSSR count). The van der Waals surface area contributed by atoms with Crippen molar-refractivity contribution in [3.05, 3.63) is 36.4 Å². The number of ether oxygens (including phenoxy) is 2. The summed E-state index contributed by atoms with van der Waals surface area (Å²) in [7, 11) is 0. The van der Waals surface area contributed by atoms with Crippen LogP contribution in [0.2, 0.25) is 0 Å². The number of hydrogen-bond acceptors (Lipinski definition) is 8. The highest BCUT2D eigenvalue weighted by molar-refractivity contribution is 5.95. The Hall–Kier alpha value is -4.01. The molecule has 1 aliphatic heterocycles. The minimum Gasteiger partial charge on any atom is -0.444 e. The SMILES string of the molecule is C[C@@H]1CN(c2ncnc3c2c(OC(F)F)cn3-c2cc(C#N)ccn2)[C@@H](C)CN1C(=O)OC(C)(C)C. The number of pyridine rings is 1. The first kappa shape index (κ1) is 25.1. The highest BCUT2D eigenvalue weighted by Gasteiger charge is 2.36. The lowest BCUT2D eigenvalue weighted by molar-refractivity contribution is -0.0488. The molecule has 0 unspecified atom stereocenters. The molecule has 2 atom stereocenters. The first-order chi connectivity index (χ1) is 17.0. The summed E-state index contributed by atoms with van der Waals surface area (Å²) >= 11 is 0. The molecule has 12 heteroatoms. The van der Waals surface area contributed by atoms with Gasteiger partial charge in [0, 0.05) is 31.4 Å². The minimum absolute atomic E-state index is 0.116. The van der Waals surface area contributed by atoms with Crippen molar-refractivity contribution in [2.45, 2.75) is 58.9 Å². The van der Waals surface area contributed by atoms with Gasteiger partial charge in [0.1, 0.15) is 29.0 Å². The lowest BCUT2D eigenvalue weighted by atomic mass is 10.1. The van der Waals surface area contributed by atoms with Crippen LogP contribution in [0.3, 0.4) is 0 Å². The predicted octanol–water partition coefficient (Wildman–Crippen LogP) is 4.12. The molecule has 10 nitrogen and oxygen atoms in total. The lowest BCUT2D eigenvalue weighted by Crippen LogP contribution is -2.59. The van der Waals surface area contributed by atoms with E-state index in [-0.39, 0.29) is 23.2 Å². The van der Waals surface area contributed by atoms with Crippen LogP contribution in [-0.2, 0) is 4.74 Å². The third-order valence-electron chi connectivity index (χ3n) is 5.75. The maximum Gasteiger partial charge on any atom is 0.410 e. The number of halogens is 2. The minimum atomic E-state index is -3.07. The van der Waals surface area contributed by atoms with E-state index in [4.69, 9.17) is 9.47 Å². The second-order valence-corrected chi connectivity index (χ2v) is 9.64. The van der Waals surface area contributed by atoms with Crippen LogP contribution in [0, 0.1) is 11.3 Å². The molecule has 1 aliphatic rings. The summed E-state index contributed by atoms with van der Waals surface area (Å²) in [4.78, 5) is 29.3. The van der Waals surface area contributed by atoms with Gasteiger partial charge in [0.15, 0.2) is 11.4 Å². The van der Waals surface area contributed by atoms with Crippen molar-refractivity contribution in [2.24, 2.45) is 0 Å². The normalized spacial score (nSPS) is 18.4. The molecule has 0 saturated carbocycles. The first-order valence-corrected chi connectivity index (χ1v) is 11.4. The Morgan fingerprint density at radius 3 is 2.61 bits per heavy atom. The molecule has 0 bridgehead atoms. The van der Waals surface area contributed by atoms with Crippen molar-refractivity contribution in [1.29, 1.82) is 5.26 Å². The average molecular weight is 500 g/mol. The van der Waals surface area contributed by atoms with Crippen LogP contribution >= 0.6 is 0 Å². The molecule has 36 heavy (non-hydrogen) atoms. The maximum absolute atomic E-state index is 13.4. The second kappa shape index (κ2) is 9.56. The molecule has 3 aromatic heterocycles. The van der Waals surface area contributed by atoms with Crippen molar-refractivity contribution in [3.63, 3.8) is 0 Å². The van der Waals surface area contributed by atoms with Crippen LogP contribution in [0.25, 0.3) is 16.9 Å². The van der Waals surface area contributed by atoms with E-state index in [0.29, 0.717) is 35.9 Å². The summed E-state index contributed by atoms with van der Waals surface area (Å²) in [6.07, 6.45) is 3.75. The van der Waals surface area contributed by atoms with Crippen LogP contribution in [0.15, 0.2) is 30.9 Å². The fourth-order valence-electron chi connectivity index (χ4n) is 4.21. The van der Waals surface area contributed by atoms with Gasteiger partial charge in [0.2, 0.25) is 0 Å². The average Bonchev–Trinajstić information content (AvgIpc) is 3.17. The molecule has 0 aliphatic carbocycles. The molecule has 1 fully saturated rings. The Kier molecular flexibility index (Phi) is 6.67. The van der Waals surface area contributed by atoms with E-state index in [2.05, 4.69) is 15.0 Å². The van der Waals surface area contributed by atoms with Crippen molar-refractivity contribution < 1.29 is 23.0 Å². The molecule has 0 spiro atoms. The van der Waals surface area contributed by atoms with Gasteiger partial charge in [-0.05, 0) is 46.8 Å². The maximum atomic E-state index is 13.4. The van der Waals surface area contributed by atoms with Gasteiger partial charge in [-0.1, -0.05) is 0 Å². The highest BCUT2D eigenvalue weighted by atomic mass is 19.3. The van der Waals surface area contributed by atoms with Crippen LogP contribution in [-0.4, -0.2) is 67.9 Å². The van der Waals surface area contributed by atoms with E-state index >= 15 is 0 Å². The Labute approximate surface area is 207 Å². The van der Waals surface area contributed by atoms with Crippen molar-refractivity contribution in [3.8, 4) is 17.6 Å². The summed E-state index contributed by atoms with van der Waals surface area (Å²) in [6.45, 7) is 6.89. The molecular weight excluding hydrogens is 472 g/mol. The summed E-state index contributed by atoms with van der Waals surface area (Å²) in [5.41, 5.74) is 0.0259. The number of nitrogens with zero attached hydrogens (tertiary/aromatic N) is 7. The Balaban J connectivity index is 1.76. The summed E-state index contributed by atoms with van der Waals surface area (Å²) in [5.74, 6) is 0.604. The number of amides is 1. The number of fused-ring (bicyclic) bond motifs is 1. The number of alkyl halides is 2. The van der Waals surface area contributed by atoms with E-state index in [1.807, 2.05) is 45.6 Å². The molecular formula is C24H27F2N7O3. The number of anilines is 1. The third kappa shape index (κ3) is 5.00. The second-order valence-electron chi connectivity index (χ2n) is 9.64. The molecule has 1 amide bonds. The number of carbonyl (C=O) groups excluding carboxylic acids is 1. The molecule has 190 valence electrons. The third-order valence-corrected chi connectivity index (χ3v) is 5.75. The molecule has 0 radical (unpaired) electrons. The zero-order chi connectivity index (χ0) is 26.2. The number of carbonyl (C=O) groups is 1. The monoisotopic (exact) mass is 499 g/mol. The number of hydrogen-bond donors (Lipinski definition) is 0. The Morgan fingerprint density at radius 1 is 1.19 bits per heavy atom. The molecule has 0 N–H and O–H groups in total. The number of rotatable bonds is 4. The largest absolute Gasteiger partial charge is 0.444 e. The van der Waals surface area contributed by atoms with Gasteiger partial charge in [0.05, 0.1) is 17.8 Å². The molecule has 4 heterocycles. The fraction of sp³-hybridized carbons (Fsp3) is 0.458. The first-order valence-electron chi connectivity index (χ1n) is 11.4. The van der Waals surface area contributed by atoms with E-state index in [1.54, 1.807) is 11.0 Å². The van der Waals surface area contributed by atoms with E-state index in [0.717, 1.165) is 0 Å². The van der Waals surface area contributed by atoms with Crippen molar-refractivity contribution in [1.82, 2.24) is 24.4 Å². The zero-order valence-corrected chi connectivity index (χ0v) is 20.6. The van der Waals surface area contributed by atoms with Crippen LogP contribution in [0.1, 0.15) is 40.2 Å². The van der Waals surface area contributed by atoms with Crippen LogP contribution in [0.4, 0.5) is 19.4 Å². The van der Waals surface area contributed by atoms with Crippen LogP contribution in [0.5, 0.6) is 5.75 Å². The standard InChI is InChI=1S/C24H27F2N7O3/c1-14-11-32(23(34)36-24(3,4)5)15(2)10-31(14)20-19-17(35-22(25)26)12-33(21(19)30-13-29-20)18-8-16(9-27)6-7-28-18/h6-8,12-15,22H,10-11H2,1-5H3/t14-,15+/m0/s1. The van der Waals surface area contributed by atoms with Gasteiger partial charge in [0.25, 0.3) is 0 Å². The smallest absolute Gasteiger partial charge is 0.410 e. The summed E-state index contributed by atoms with van der Waals surface area (Å²) < 4.78 is 38.6. The van der Waals surface area contributed by atoms with Crippen molar-refractivity contribution >= 4 is 22.9 Å². The van der Waals surface area contributed by atoms with E-state index < -0.39 is 18.3 Å². The van der Waals surface area contributed by atoms with Crippen LogP contribution < -0.4 is 9.64 Å². The van der Waals surface area contributed by atoms with Gasteiger partial charge in [-0.25, -0.2) is 19.7 Å². The Bertz CT molecular complexity index is 1320. The van der Waals surface area contributed by atoms with Gasteiger partial charge in [-0.3, -0.25) is 4.57 Å². The van der Waals surface area contributed by atoms with Gasteiger partial charge in [-0.15, -0.1) is 0 Å². The number of piperazine rings is 1. The number of nitriles is 1. The van der Waals surface area contributed by atoms with Gasteiger partial charge in [-0.2, -0.15) is 14.0 Å².